The molecule has 70 heavy (non-hydrogen) atoms. The van der Waals surface area contributed by atoms with Crippen molar-refractivity contribution < 1.29 is 18.9 Å². The highest BCUT2D eigenvalue weighted by Gasteiger charge is 2.30. The molecule has 24 nitrogen and oxygen atoms in total. The molecule has 10 rings (SSSR count). The van der Waals surface area contributed by atoms with Crippen LogP contribution in [0.5, 0.6) is 0 Å². The average Bonchev–Trinajstić information content (AvgIpc) is 4.22. The van der Waals surface area contributed by atoms with Crippen molar-refractivity contribution in [2.45, 2.75) is 76.9 Å². The number of pyridine rings is 2. The zero-order chi connectivity index (χ0) is 49.1. The molecule has 0 aliphatic carbocycles. The number of fused-ring (bicyclic) bond motifs is 2. The third-order valence-corrected chi connectivity index (χ3v) is 12.4. The number of rotatable bonds is 14. The van der Waals surface area contributed by atoms with E-state index in [0.717, 1.165) is 11.1 Å². The van der Waals surface area contributed by atoms with Gasteiger partial charge in [-0.15, -0.1) is 10.2 Å². The minimum atomic E-state index is -0.185. The fraction of sp³-hybridized carbons (Fsp3) is 0.435. The van der Waals surface area contributed by atoms with Gasteiger partial charge in [0.25, 0.3) is 11.1 Å². The quantitative estimate of drug-likeness (QED) is 0.112. The van der Waals surface area contributed by atoms with Crippen LogP contribution in [0.2, 0.25) is 0 Å². The minimum Gasteiger partial charge on any atom is -0.379 e. The molecule has 24 heteroatoms. The first kappa shape index (κ1) is 47.5. The van der Waals surface area contributed by atoms with Gasteiger partial charge in [-0.25, -0.2) is 19.3 Å². The molecule has 1 unspecified atom stereocenters. The van der Waals surface area contributed by atoms with Gasteiger partial charge in [0.1, 0.15) is 58.2 Å². The Labute approximate surface area is 401 Å². The lowest BCUT2D eigenvalue weighted by Gasteiger charge is -2.32. The van der Waals surface area contributed by atoms with E-state index < -0.39 is 0 Å². The fourth-order valence-electron chi connectivity index (χ4n) is 8.57. The molecular weight excluding hydrogens is 901 g/mol. The first-order chi connectivity index (χ1) is 34.0. The van der Waals surface area contributed by atoms with E-state index >= 15 is 0 Å². The smallest absolute Gasteiger partial charge is 0.274 e. The molecule has 0 radical (unpaired) electrons. The van der Waals surface area contributed by atoms with Gasteiger partial charge < -0.3 is 49.3 Å². The summed E-state index contributed by atoms with van der Waals surface area (Å²) in [4.78, 5) is 36.3. The van der Waals surface area contributed by atoms with Crippen molar-refractivity contribution >= 4 is 45.9 Å². The zero-order valence-electron chi connectivity index (χ0n) is 40.3. The molecule has 10 heterocycles. The minimum absolute atomic E-state index is 0.101. The number of nitrogens with one attached hydrogen (secondary N) is 4. The highest BCUT2D eigenvalue weighted by Crippen LogP contribution is 2.30. The molecule has 8 aromatic heterocycles. The molecule has 2 aliphatic heterocycles. The van der Waals surface area contributed by atoms with Gasteiger partial charge >= 0.3 is 0 Å². The van der Waals surface area contributed by atoms with Gasteiger partial charge in [-0.05, 0) is 64.8 Å². The van der Waals surface area contributed by atoms with Crippen LogP contribution in [0.4, 0.5) is 34.6 Å². The van der Waals surface area contributed by atoms with Crippen LogP contribution in [0.1, 0.15) is 64.7 Å². The summed E-state index contributed by atoms with van der Waals surface area (Å²) < 4.78 is 32.6. The molecule has 4 N–H and O–H groups in total. The SMILES string of the molecule is CNc1cc(Nc2cccn(C3CCOC[C@H]3OC)c2=O)nc2c(-c3cn(C(C)C)nn3)cnn12.CNc1cc(Nc2cccn([C@@H]3CCOC[C@@H]3OC)c2=O)nc2c(-c3cn(C(C)C)nn3)cnn12. The number of hydrogen-bond acceptors (Lipinski definition) is 18. The van der Waals surface area contributed by atoms with E-state index in [0.29, 0.717) is 96.6 Å². The summed E-state index contributed by atoms with van der Waals surface area (Å²) in [5.74, 6) is 2.43. The van der Waals surface area contributed by atoms with E-state index in [1.807, 2.05) is 52.2 Å². The Morgan fingerprint density at radius 1 is 0.657 bits per heavy atom. The Morgan fingerprint density at radius 3 is 1.46 bits per heavy atom. The first-order valence-corrected chi connectivity index (χ1v) is 23.1. The van der Waals surface area contributed by atoms with Crippen LogP contribution < -0.4 is 32.4 Å². The standard InChI is InChI=1S/2C23H29N9O3/c2*1-14(2)31-12-17(28-29-31)15-11-25-32-21(24-3)10-20(27-22(15)32)26-16-6-5-8-30(23(16)33)18-7-9-35-13-19(18)34-4/h2*5-6,8,10-12,14,18-19,24H,7,9,13H2,1-4H3,(H,26,27)/t18?,19-;18-,19+/m11/s1. The number of ether oxygens (including phenoxy) is 4. The normalized spacial score (nSPS) is 18.3. The first-order valence-electron chi connectivity index (χ1n) is 23.1. The maximum absolute atomic E-state index is 13.4. The van der Waals surface area contributed by atoms with E-state index in [1.54, 1.807) is 105 Å². The monoisotopic (exact) mass is 958 g/mol. The van der Waals surface area contributed by atoms with Crippen LogP contribution in [0.15, 0.2) is 83.2 Å². The molecule has 0 bridgehead atoms. The van der Waals surface area contributed by atoms with Crippen molar-refractivity contribution in [2.24, 2.45) is 0 Å². The zero-order valence-corrected chi connectivity index (χ0v) is 40.3. The van der Waals surface area contributed by atoms with Crippen molar-refractivity contribution in [2.75, 3.05) is 76.0 Å². The third-order valence-electron chi connectivity index (χ3n) is 12.4. The highest BCUT2D eigenvalue weighted by molar-refractivity contribution is 5.78. The molecule has 4 atom stereocenters. The molecule has 2 fully saturated rings. The second-order valence-corrected chi connectivity index (χ2v) is 17.4. The van der Waals surface area contributed by atoms with Crippen LogP contribution in [-0.2, 0) is 18.9 Å². The molecular formula is C46H58N18O6. The summed E-state index contributed by atoms with van der Waals surface area (Å²) in [7, 11) is 6.89. The van der Waals surface area contributed by atoms with Crippen molar-refractivity contribution in [1.82, 2.24) is 68.3 Å². The Balaban J connectivity index is 0.000000174. The van der Waals surface area contributed by atoms with Gasteiger partial charge in [-0.2, -0.15) is 19.2 Å². The summed E-state index contributed by atoms with van der Waals surface area (Å²) >= 11 is 0. The van der Waals surface area contributed by atoms with Gasteiger partial charge in [0.05, 0.1) is 61.2 Å². The van der Waals surface area contributed by atoms with E-state index in [4.69, 9.17) is 28.9 Å². The number of nitrogens with zero attached hydrogens (tertiary/aromatic N) is 14. The molecule has 0 saturated carbocycles. The largest absolute Gasteiger partial charge is 0.379 e. The van der Waals surface area contributed by atoms with Gasteiger partial charge in [0.2, 0.25) is 0 Å². The summed E-state index contributed by atoms with van der Waals surface area (Å²) in [6, 6.07) is 11.0. The van der Waals surface area contributed by atoms with E-state index in [-0.39, 0.29) is 47.5 Å². The van der Waals surface area contributed by atoms with Crippen LogP contribution >= 0.6 is 0 Å². The van der Waals surface area contributed by atoms with Crippen LogP contribution in [-0.4, -0.2) is 135 Å². The maximum Gasteiger partial charge on any atom is 0.274 e. The van der Waals surface area contributed by atoms with Gasteiger partial charge in [0, 0.05) is 78.1 Å². The van der Waals surface area contributed by atoms with E-state index in [1.165, 1.54) is 0 Å². The van der Waals surface area contributed by atoms with Gasteiger partial charge in [-0.3, -0.25) is 9.59 Å². The summed E-state index contributed by atoms with van der Waals surface area (Å²) in [6.45, 7) is 10.2. The number of methoxy groups -OCH3 is 2. The van der Waals surface area contributed by atoms with Crippen molar-refractivity contribution in [3.05, 3.63) is 94.3 Å². The molecule has 0 amide bonds. The predicted octanol–water partition coefficient (Wildman–Crippen LogP) is 4.98. The fourth-order valence-corrected chi connectivity index (χ4v) is 8.57. The lowest BCUT2D eigenvalue weighted by Crippen LogP contribution is -2.40. The third kappa shape index (κ3) is 9.44. The Bertz CT molecular complexity index is 2990. The lowest BCUT2D eigenvalue weighted by atomic mass is 10.1. The second kappa shape index (κ2) is 20.6. The van der Waals surface area contributed by atoms with Crippen LogP contribution in [0, 0.1) is 0 Å². The van der Waals surface area contributed by atoms with Crippen LogP contribution in [0.3, 0.4) is 0 Å². The molecule has 0 spiro atoms. The molecule has 2 aliphatic rings. The Morgan fingerprint density at radius 2 is 1.09 bits per heavy atom. The number of aromatic nitrogens is 14. The van der Waals surface area contributed by atoms with Gasteiger partial charge in [-0.1, -0.05) is 10.4 Å². The second-order valence-electron chi connectivity index (χ2n) is 17.4. The molecule has 8 aromatic rings. The Hall–Kier alpha value is -7.54. The number of anilines is 6. The maximum atomic E-state index is 13.4. The average molecular weight is 959 g/mol. The van der Waals surface area contributed by atoms with E-state index in [2.05, 4.69) is 52.1 Å². The van der Waals surface area contributed by atoms with Gasteiger partial charge in [0.15, 0.2) is 11.3 Å². The molecule has 0 aromatic carbocycles. The summed E-state index contributed by atoms with van der Waals surface area (Å²) in [5, 5.41) is 38.6. The summed E-state index contributed by atoms with van der Waals surface area (Å²) in [5.41, 5.74) is 4.55. The highest BCUT2D eigenvalue weighted by atomic mass is 16.5. The number of hydrogen-bond donors (Lipinski definition) is 4. The van der Waals surface area contributed by atoms with Crippen LogP contribution in [0.25, 0.3) is 33.8 Å². The Kier molecular flexibility index (Phi) is 14.0. The molecule has 368 valence electrons. The van der Waals surface area contributed by atoms with Crippen molar-refractivity contribution in [3.63, 3.8) is 0 Å². The van der Waals surface area contributed by atoms with E-state index in [9.17, 15) is 9.59 Å². The van der Waals surface area contributed by atoms with Crippen molar-refractivity contribution in [3.8, 4) is 22.5 Å². The summed E-state index contributed by atoms with van der Waals surface area (Å²) in [6.07, 6.45) is 11.8. The lowest BCUT2D eigenvalue weighted by molar-refractivity contribution is -0.0609. The molecule has 2 saturated heterocycles. The van der Waals surface area contributed by atoms with Crippen molar-refractivity contribution in [1.29, 1.82) is 0 Å². The predicted molar refractivity (Wildman–Crippen MR) is 262 cm³/mol. The topological polar surface area (TPSA) is 251 Å².